The Morgan fingerprint density at radius 1 is 1.35 bits per heavy atom. The zero-order valence-corrected chi connectivity index (χ0v) is 14.0. The van der Waals surface area contributed by atoms with E-state index in [-0.39, 0.29) is 17.5 Å². The number of rotatable bonds is 2. The van der Waals surface area contributed by atoms with Gasteiger partial charge in [0.15, 0.2) is 9.84 Å². The Morgan fingerprint density at radius 2 is 2.09 bits per heavy atom. The number of urea groups is 1. The van der Waals surface area contributed by atoms with Crippen molar-refractivity contribution in [2.24, 2.45) is 0 Å². The number of amides is 2. The highest BCUT2D eigenvalue weighted by atomic mass is 32.2. The fourth-order valence-electron chi connectivity index (χ4n) is 3.09. The summed E-state index contributed by atoms with van der Waals surface area (Å²) in [5.41, 5.74) is -0.512. The van der Waals surface area contributed by atoms with Gasteiger partial charge in [0.2, 0.25) is 0 Å². The van der Waals surface area contributed by atoms with Gasteiger partial charge in [-0.1, -0.05) is 0 Å². The van der Waals surface area contributed by atoms with Crippen LogP contribution in [0.2, 0.25) is 0 Å². The van der Waals surface area contributed by atoms with Gasteiger partial charge < -0.3 is 19.4 Å². The highest BCUT2D eigenvalue weighted by Crippen LogP contribution is 2.31. The van der Waals surface area contributed by atoms with Crippen LogP contribution in [0.4, 0.5) is 4.79 Å². The van der Waals surface area contributed by atoms with Gasteiger partial charge in [0.05, 0.1) is 36.8 Å². The smallest absolute Gasteiger partial charge is 0.317 e. The first-order chi connectivity index (χ1) is 10.9. The summed E-state index contributed by atoms with van der Waals surface area (Å²) in [6, 6.07) is 3.52. The molecule has 1 aromatic heterocycles. The minimum Gasteiger partial charge on any atom is -0.465 e. The Kier molecular flexibility index (Phi) is 4.37. The average molecular weight is 342 g/mol. The van der Waals surface area contributed by atoms with Crippen molar-refractivity contribution in [1.29, 1.82) is 0 Å². The van der Waals surface area contributed by atoms with Gasteiger partial charge in [0.1, 0.15) is 11.5 Å². The maximum Gasteiger partial charge on any atom is 0.317 e. The number of sulfone groups is 1. The minimum absolute atomic E-state index is 0.133. The van der Waals surface area contributed by atoms with Gasteiger partial charge in [0.25, 0.3) is 0 Å². The van der Waals surface area contributed by atoms with Crippen LogP contribution < -0.4 is 5.32 Å². The van der Waals surface area contributed by atoms with Crippen LogP contribution in [-0.2, 0) is 21.1 Å². The van der Waals surface area contributed by atoms with Crippen molar-refractivity contribution in [2.75, 3.05) is 31.2 Å². The predicted octanol–water partition coefficient (Wildman–Crippen LogP) is 1.08. The molecule has 2 fully saturated rings. The zero-order chi connectivity index (χ0) is 16.5. The van der Waals surface area contributed by atoms with E-state index in [1.807, 2.05) is 19.1 Å². The van der Waals surface area contributed by atoms with Crippen LogP contribution >= 0.6 is 0 Å². The Morgan fingerprint density at radius 3 is 2.74 bits per heavy atom. The Labute approximate surface area is 135 Å². The molecule has 0 aromatic carbocycles. The largest absolute Gasteiger partial charge is 0.465 e. The van der Waals surface area contributed by atoms with Crippen molar-refractivity contribution in [3.63, 3.8) is 0 Å². The molecule has 23 heavy (non-hydrogen) atoms. The van der Waals surface area contributed by atoms with Crippen LogP contribution in [0.5, 0.6) is 0 Å². The molecule has 1 spiro atoms. The van der Waals surface area contributed by atoms with E-state index in [0.29, 0.717) is 44.8 Å². The van der Waals surface area contributed by atoms with Crippen LogP contribution in [-0.4, -0.2) is 56.2 Å². The third-order valence-corrected chi connectivity index (χ3v) is 6.14. The first-order valence-electron chi connectivity index (χ1n) is 7.80. The van der Waals surface area contributed by atoms with Crippen molar-refractivity contribution in [3.8, 4) is 0 Å². The van der Waals surface area contributed by atoms with E-state index in [4.69, 9.17) is 9.15 Å². The molecule has 2 saturated heterocycles. The normalized spacial score (nSPS) is 22.9. The summed E-state index contributed by atoms with van der Waals surface area (Å²) < 4.78 is 34.5. The van der Waals surface area contributed by atoms with Crippen molar-refractivity contribution in [2.45, 2.75) is 31.9 Å². The molecule has 0 unspecified atom stereocenters. The van der Waals surface area contributed by atoms with E-state index in [2.05, 4.69) is 5.32 Å². The van der Waals surface area contributed by atoms with Gasteiger partial charge in [-0.15, -0.1) is 0 Å². The molecule has 0 atom stereocenters. The first-order valence-corrected chi connectivity index (χ1v) is 9.62. The predicted molar refractivity (Wildman–Crippen MR) is 83.8 cm³/mol. The summed E-state index contributed by atoms with van der Waals surface area (Å²) in [7, 11) is -2.95. The molecule has 128 valence electrons. The Bertz CT molecular complexity index is 668. The molecule has 3 heterocycles. The van der Waals surface area contributed by atoms with Gasteiger partial charge >= 0.3 is 6.03 Å². The SMILES string of the molecule is Cc1ccc(CNC(=O)N2CCOC3(CCS(=O)(=O)CC3)C2)o1. The molecule has 0 bridgehead atoms. The van der Waals surface area contributed by atoms with E-state index in [0.717, 1.165) is 5.76 Å². The summed E-state index contributed by atoms with van der Waals surface area (Å²) in [6.45, 7) is 3.58. The van der Waals surface area contributed by atoms with Gasteiger partial charge in [-0.3, -0.25) is 0 Å². The fraction of sp³-hybridized carbons (Fsp3) is 0.667. The highest BCUT2D eigenvalue weighted by molar-refractivity contribution is 7.91. The number of carbonyl (C=O) groups excluding carboxylic acids is 1. The molecule has 2 aliphatic rings. The number of carbonyl (C=O) groups is 1. The lowest BCUT2D eigenvalue weighted by molar-refractivity contribution is -0.102. The number of hydrogen-bond acceptors (Lipinski definition) is 5. The lowest BCUT2D eigenvalue weighted by Gasteiger charge is -2.44. The van der Waals surface area contributed by atoms with E-state index < -0.39 is 15.4 Å². The molecule has 1 N–H and O–H groups in total. The lowest BCUT2D eigenvalue weighted by Crippen LogP contribution is -2.58. The minimum atomic E-state index is -2.95. The van der Waals surface area contributed by atoms with Crippen LogP contribution in [0.1, 0.15) is 24.4 Å². The van der Waals surface area contributed by atoms with Gasteiger partial charge in [-0.2, -0.15) is 0 Å². The van der Waals surface area contributed by atoms with E-state index in [1.54, 1.807) is 4.90 Å². The van der Waals surface area contributed by atoms with Crippen LogP contribution in [0.25, 0.3) is 0 Å². The number of hydrogen-bond donors (Lipinski definition) is 1. The molecule has 3 rings (SSSR count). The third kappa shape index (κ3) is 3.87. The zero-order valence-electron chi connectivity index (χ0n) is 13.2. The number of nitrogens with zero attached hydrogens (tertiary/aromatic N) is 1. The highest BCUT2D eigenvalue weighted by Gasteiger charge is 2.42. The van der Waals surface area contributed by atoms with Crippen LogP contribution in [0.3, 0.4) is 0 Å². The van der Waals surface area contributed by atoms with E-state index in [1.165, 1.54) is 0 Å². The van der Waals surface area contributed by atoms with Gasteiger partial charge in [-0.25, -0.2) is 13.2 Å². The van der Waals surface area contributed by atoms with Crippen molar-refractivity contribution in [3.05, 3.63) is 23.7 Å². The molecular weight excluding hydrogens is 320 g/mol. The van der Waals surface area contributed by atoms with Crippen molar-refractivity contribution >= 4 is 15.9 Å². The second-order valence-corrected chi connectivity index (χ2v) is 8.58. The molecule has 0 aliphatic carbocycles. The maximum atomic E-state index is 12.3. The standard InChI is InChI=1S/C15H22N2O5S/c1-12-2-3-13(22-12)10-16-14(18)17-6-7-21-15(11-17)4-8-23(19,20)9-5-15/h2-3H,4-11H2,1H3,(H,16,18). The fourth-order valence-corrected chi connectivity index (χ4v) is 4.66. The Hall–Kier alpha value is -1.54. The lowest BCUT2D eigenvalue weighted by atomic mass is 9.94. The van der Waals surface area contributed by atoms with Gasteiger partial charge in [-0.05, 0) is 31.9 Å². The summed E-state index contributed by atoms with van der Waals surface area (Å²) in [5.74, 6) is 1.79. The van der Waals surface area contributed by atoms with Crippen molar-refractivity contribution in [1.82, 2.24) is 10.2 Å². The number of morpholine rings is 1. The second-order valence-electron chi connectivity index (χ2n) is 6.28. The molecular formula is C15H22N2O5S. The molecule has 2 aliphatic heterocycles. The van der Waals surface area contributed by atoms with Crippen molar-refractivity contribution < 1.29 is 22.4 Å². The summed E-state index contributed by atoms with van der Waals surface area (Å²) in [6.07, 6.45) is 0.910. The van der Waals surface area contributed by atoms with Crippen LogP contribution in [0, 0.1) is 6.92 Å². The average Bonchev–Trinajstić information content (AvgIpc) is 2.94. The van der Waals surface area contributed by atoms with E-state index in [9.17, 15) is 13.2 Å². The third-order valence-electron chi connectivity index (χ3n) is 4.48. The number of furan rings is 1. The monoisotopic (exact) mass is 342 g/mol. The van der Waals surface area contributed by atoms with Crippen LogP contribution in [0.15, 0.2) is 16.5 Å². The van der Waals surface area contributed by atoms with Gasteiger partial charge in [0, 0.05) is 6.54 Å². The first kappa shape index (κ1) is 16.3. The number of aryl methyl sites for hydroxylation is 1. The molecule has 0 saturated carbocycles. The Balaban J connectivity index is 1.56. The summed E-state index contributed by atoms with van der Waals surface area (Å²) >= 11 is 0. The molecule has 0 radical (unpaired) electrons. The van der Waals surface area contributed by atoms with E-state index >= 15 is 0 Å². The number of ether oxygens (including phenoxy) is 1. The molecule has 2 amide bonds. The number of nitrogens with one attached hydrogen (secondary N) is 1. The summed E-state index contributed by atoms with van der Waals surface area (Å²) in [5, 5.41) is 2.84. The second kappa shape index (κ2) is 6.16. The molecule has 7 nitrogen and oxygen atoms in total. The quantitative estimate of drug-likeness (QED) is 0.869. The molecule has 8 heteroatoms. The molecule has 1 aromatic rings. The maximum absolute atomic E-state index is 12.3. The summed E-state index contributed by atoms with van der Waals surface area (Å²) in [4.78, 5) is 14.0. The topological polar surface area (TPSA) is 88.9 Å².